The molecule has 1 N–H and O–H groups in total. The lowest BCUT2D eigenvalue weighted by atomic mass is 10.1. The van der Waals surface area contributed by atoms with Crippen molar-refractivity contribution in [3.63, 3.8) is 0 Å². The van der Waals surface area contributed by atoms with Crippen molar-refractivity contribution in [2.24, 2.45) is 0 Å². The van der Waals surface area contributed by atoms with E-state index >= 15 is 0 Å². The molecule has 0 bridgehead atoms. The van der Waals surface area contributed by atoms with Crippen LogP contribution in [0.2, 0.25) is 0 Å². The fourth-order valence-electron chi connectivity index (χ4n) is 2.49. The van der Waals surface area contributed by atoms with E-state index in [4.69, 9.17) is 4.42 Å². The molecule has 0 spiro atoms. The quantitative estimate of drug-likeness (QED) is 0.905. The van der Waals surface area contributed by atoms with Crippen LogP contribution >= 0.6 is 0 Å². The number of carbonyl (C=O) groups excluding carboxylic acids is 1. The molecule has 5 nitrogen and oxygen atoms in total. The third kappa shape index (κ3) is 3.84. The fraction of sp³-hybridized carbons (Fsp3) is 0.667. The number of β-amino-alcohol motifs (C(OH)–C–C–N with tert-alkyl or cyclic N) is 1. The lowest BCUT2D eigenvalue weighted by molar-refractivity contribution is 0.0171. The first-order valence-electron chi connectivity index (χ1n) is 7.22. The topological polar surface area (TPSA) is 56.9 Å². The molecule has 1 saturated heterocycles. The molecular formula is C15H24N2O3. The van der Waals surface area contributed by atoms with Gasteiger partial charge in [-0.25, -0.2) is 0 Å². The van der Waals surface area contributed by atoms with Crippen molar-refractivity contribution < 1.29 is 14.3 Å². The monoisotopic (exact) mass is 280 g/mol. The first-order valence-corrected chi connectivity index (χ1v) is 7.22. The number of furan rings is 1. The number of carbonyl (C=O) groups is 1. The molecule has 112 valence electrons. The molecule has 1 aliphatic heterocycles. The Labute approximate surface area is 120 Å². The molecular weight excluding hydrogens is 256 g/mol. The van der Waals surface area contributed by atoms with Crippen LogP contribution in [0.4, 0.5) is 0 Å². The van der Waals surface area contributed by atoms with Crippen molar-refractivity contribution in [3.8, 4) is 0 Å². The van der Waals surface area contributed by atoms with Gasteiger partial charge in [0.25, 0.3) is 5.91 Å². The molecule has 0 saturated carbocycles. The Morgan fingerprint density at radius 2 is 1.95 bits per heavy atom. The highest BCUT2D eigenvalue weighted by atomic mass is 16.4. The normalized spacial score (nSPS) is 17.5. The van der Waals surface area contributed by atoms with Gasteiger partial charge in [-0.3, -0.25) is 9.69 Å². The maximum absolute atomic E-state index is 12.3. The number of piperazine rings is 1. The molecule has 0 atom stereocenters. The maximum atomic E-state index is 12.3. The van der Waals surface area contributed by atoms with Gasteiger partial charge in [-0.1, -0.05) is 6.92 Å². The SMILES string of the molecule is CCc1ccc(C(=O)N2CCN(CC(C)(C)O)CC2)o1. The molecule has 5 heteroatoms. The molecule has 1 fully saturated rings. The molecule has 1 aromatic rings. The van der Waals surface area contributed by atoms with Gasteiger partial charge in [0.1, 0.15) is 5.76 Å². The first-order chi connectivity index (χ1) is 9.39. The van der Waals surface area contributed by atoms with Crippen molar-refractivity contribution >= 4 is 5.91 Å². The highest BCUT2D eigenvalue weighted by Gasteiger charge is 2.26. The van der Waals surface area contributed by atoms with Gasteiger partial charge in [0.2, 0.25) is 0 Å². The Morgan fingerprint density at radius 1 is 1.30 bits per heavy atom. The Bertz CT molecular complexity index is 454. The molecule has 1 aliphatic rings. The van der Waals surface area contributed by atoms with Crippen LogP contribution in [-0.2, 0) is 6.42 Å². The Balaban J connectivity index is 1.88. The zero-order chi connectivity index (χ0) is 14.8. The van der Waals surface area contributed by atoms with E-state index in [1.54, 1.807) is 19.9 Å². The first kappa shape index (κ1) is 15.1. The molecule has 1 amide bonds. The molecule has 20 heavy (non-hydrogen) atoms. The number of aliphatic hydroxyl groups is 1. The minimum absolute atomic E-state index is 0.0346. The summed E-state index contributed by atoms with van der Waals surface area (Å²) in [5.41, 5.74) is -0.691. The average molecular weight is 280 g/mol. The van der Waals surface area contributed by atoms with E-state index in [9.17, 15) is 9.90 Å². The molecule has 2 rings (SSSR count). The predicted octanol–water partition coefficient (Wildman–Crippen LogP) is 1.37. The van der Waals surface area contributed by atoms with Crippen LogP contribution in [0.25, 0.3) is 0 Å². The van der Waals surface area contributed by atoms with Crippen LogP contribution in [0.5, 0.6) is 0 Å². The van der Waals surface area contributed by atoms with Crippen molar-refractivity contribution in [3.05, 3.63) is 23.7 Å². The maximum Gasteiger partial charge on any atom is 0.289 e. The Kier molecular flexibility index (Phi) is 4.50. The van der Waals surface area contributed by atoms with Crippen molar-refractivity contribution in [1.82, 2.24) is 9.80 Å². The molecule has 0 radical (unpaired) electrons. The van der Waals surface area contributed by atoms with Crippen LogP contribution in [0, 0.1) is 0 Å². The molecule has 0 unspecified atom stereocenters. The van der Waals surface area contributed by atoms with Crippen LogP contribution in [0.1, 0.15) is 37.1 Å². The molecule has 2 heterocycles. The second-order valence-electron chi connectivity index (χ2n) is 6.00. The van der Waals surface area contributed by atoms with E-state index in [0.29, 0.717) is 25.4 Å². The number of nitrogens with zero attached hydrogens (tertiary/aromatic N) is 2. The van der Waals surface area contributed by atoms with Crippen molar-refractivity contribution in [2.45, 2.75) is 32.8 Å². The van der Waals surface area contributed by atoms with E-state index in [0.717, 1.165) is 25.3 Å². The molecule has 0 aliphatic carbocycles. The minimum atomic E-state index is -0.691. The van der Waals surface area contributed by atoms with Gasteiger partial charge >= 0.3 is 0 Å². The van der Waals surface area contributed by atoms with Crippen molar-refractivity contribution in [1.29, 1.82) is 0 Å². The summed E-state index contributed by atoms with van der Waals surface area (Å²) in [6.45, 7) is 9.18. The average Bonchev–Trinajstić information content (AvgIpc) is 2.85. The van der Waals surface area contributed by atoms with Crippen LogP contribution in [0.3, 0.4) is 0 Å². The highest BCUT2D eigenvalue weighted by molar-refractivity contribution is 5.91. The van der Waals surface area contributed by atoms with Gasteiger partial charge in [0.05, 0.1) is 5.60 Å². The van der Waals surface area contributed by atoms with E-state index < -0.39 is 5.60 Å². The highest BCUT2D eigenvalue weighted by Crippen LogP contribution is 2.14. The summed E-state index contributed by atoms with van der Waals surface area (Å²) in [4.78, 5) is 16.3. The van der Waals surface area contributed by atoms with Crippen LogP contribution < -0.4 is 0 Å². The molecule has 0 aromatic carbocycles. The number of rotatable bonds is 4. The zero-order valence-electron chi connectivity index (χ0n) is 12.6. The lowest BCUT2D eigenvalue weighted by Crippen LogP contribution is -2.51. The summed E-state index contributed by atoms with van der Waals surface area (Å²) in [6, 6.07) is 3.61. The van der Waals surface area contributed by atoms with Crippen LogP contribution in [0.15, 0.2) is 16.5 Å². The van der Waals surface area contributed by atoms with E-state index in [1.807, 2.05) is 17.9 Å². The fourth-order valence-corrected chi connectivity index (χ4v) is 2.49. The minimum Gasteiger partial charge on any atom is -0.456 e. The van der Waals surface area contributed by atoms with Gasteiger partial charge in [0.15, 0.2) is 5.76 Å². The third-order valence-electron chi connectivity index (χ3n) is 3.49. The van der Waals surface area contributed by atoms with E-state index in [-0.39, 0.29) is 5.91 Å². The van der Waals surface area contributed by atoms with Crippen molar-refractivity contribution in [2.75, 3.05) is 32.7 Å². The standard InChI is InChI=1S/C15H24N2O3/c1-4-12-5-6-13(20-12)14(18)17-9-7-16(8-10-17)11-15(2,3)19/h5-6,19H,4,7-11H2,1-3H3. The summed E-state index contributed by atoms with van der Waals surface area (Å²) in [5.74, 6) is 1.24. The molecule has 1 aromatic heterocycles. The summed E-state index contributed by atoms with van der Waals surface area (Å²) < 4.78 is 5.51. The van der Waals surface area contributed by atoms with Crippen LogP contribution in [-0.4, -0.2) is 59.1 Å². The van der Waals surface area contributed by atoms with Gasteiger partial charge in [0, 0.05) is 39.1 Å². The van der Waals surface area contributed by atoms with E-state index in [2.05, 4.69) is 4.90 Å². The van der Waals surface area contributed by atoms with E-state index in [1.165, 1.54) is 0 Å². The predicted molar refractivity (Wildman–Crippen MR) is 76.7 cm³/mol. The van der Waals surface area contributed by atoms with Gasteiger partial charge in [-0.2, -0.15) is 0 Å². The lowest BCUT2D eigenvalue weighted by Gasteiger charge is -2.36. The summed E-state index contributed by atoms with van der Waals surface area (Å²) >= 11 is 0. The number of aryl methyl sites for hydroxylation is 1. The summed E-state index contributed by atoms with van der Waals surface area (Å²) in [6.07, 6.45) is 0.798. The van der Waals surface area contributed by atoms with Gasteiger partial charge < -0.3 is 14.4 Å². The number of amides is 1. The third-order valence-corrected chi connectivity index (χ3v) is 3.49. The summed E-state index contributed by atoms with van der Waals surface area (Å²) in [5, 5.41) is 9.82. The number of hydrogen-bond donors (Lipinski definition) is 1. The smallest absolute Gasteiger partial charge is 0.289 e. The van der Waals surface area contributed by atoms with Gasteiger partial charge in [-0.05, 0) is 26.0 Å². The largest absolute Gasteiger partial charge is 0.456 e. The number of hydrogen-bond acceptors (Lipinski definition) is 4. The second kappa shape index (κ2) is 5.97. The van der Waals surface area contributed by atoms with Gasteiger partial charge in [-0.15, -0.1) is 0 Å². The second-order valence-corrected chi connectivity index (χ2v) is 6.00. The Hall–Kier alpha value is -1.33. The summed E-state index contributed by atoms with van der Waals surface area (Å²) in [7, 11) is 0. The zero-order valence-corrected chi connectivity index (χ0v) is 12.6. The Morgan fingerprint density at radius 3 is 2.45 bits per heavy atom.